The van der Waals surface area contributed by atoms with E-state index in [0.29, 0.717) is 34.3 Å². The smallest absolute Gasteiger partial charge is 0.227 e. The molecule has 1 fully saturated rings. The summed E-state index contributed by atoms with van der Waals surface area (Å²) in [6, 6.07) is 12.5. The molecule has 1 aliphatic rings. The first-order valence-corrected chi connectivity index (χ1v) is 8.92. The molecule has 6 heteroatoms. The molecule has 0 aliphatic heterocycles. The topological polar surface area (TPSA) is 58.2 Å². The fourth-order valence-electron chi connectivity index (χ4n) is 2.48. The van der Waals surface area contributed by atoms with E-state index in [4.69, 9.17) is 23.2 Å². The molecular weight excluding hydrogens is 359 g/mol. The normalized spacial score (nSPS) is 13.4. The lowest BCUT2D eigenvalue weighted by molar-refractivity contribution is -0.117. The zero-order valence-corrected chi connectivity index (χ0v) is 15.0. The molecule has 25 heavy (non-hydrogen) atoms. The van der Waals surface area contributed by atoms with Gasteiger partial charge in [-0.1, -0.05) is 41.4 Å². The van der Waals surface area contributed by atoms with Crippen LogP contribution in [-0.4, -0.2) is 11.8 Å². The van der Waals surface area contributed by atoms with Crippen LogP contribution < -0.4 is 10.6 Å². The van der Waals surface area contributed by atoms with Gasteiger partial charge in [0.15, 0.2) is 0 Å². The van der Waals surface area contributed by atoms with Gasteiger partial charge in [-0.25, -0.2) is 0 Å². The largest absolute Gasteiger partial charge is 0.326 e. The first-order chi connectivity index (χ1) is 12.0. The molecule has 0 bridgehead atoms. The van der Waals surface area contributed by atoms with E-state index in [1.54, 1.807) is 24.3 Å². The standard InChI is InChI=1S/C19H18Cl2N2O2/c20-16-6-1-3-12(18(16)21)9-10-17(24)22-14-4-2-5-15(11-14)23-19(25)13-7-8-13/h1-6,11,13H,7-10H2,(H,22,24)(H,23,25). The van der Waals surface area contributed by atoms with Gasteiger partial charge in [0.05, 0.1) is 10.0 Å². The highest BCUT2D eigenvalue weighted by atomic mass is 35.5. The molecule has 2 aromatic carbocycles. The third-order valence-electron chi connectivity index (χ3n) is 4.01. The van der Waals surface area contributed by atoms with Crippen molar-refractivity contribution in [2.75, 3.05) is 10.6 Å². The highest BCUT2D eigenvalue weighted by Gasteiger charge is 2.29. The Morgan fingerprint density at radius 2 is 1.68 bits per heavy atom. The van der Waals surface area contributed by atoms with Crippen LogP contribution in [0.25, 0.3) is 0 Å². The fourth-order valence-corrected chi connectivity index (χ4v) is 2.89. The lowest BCUT2D eigenvalue weighted by Gasteiger charge is -2.09. The molecule has 1 saturated carbocycles. The predicted octanol–water partition coefficient (Wildman–Crippen LogP) is 4.91. The van der Waals surface area contributed by atoms with Crippen molar-refractivity contribution in [1.82, 2.24) is 0 Å². The molecule has 0 radical (unpaired) electrons. The number of hydrogen-bond donors (Lipinski definition) is 2. The van der Waals surface area contributed by atoms with Crippen LogP contribution in [0, 0.1) is 5.92 Å². The molecule has 3 rings (SSSR count). The van der Waals surface area contributed by atoms with Crippen molar-refractivity contribution >= 4 is 46.4 Å². The average molecular weight is 377 g/mol. The summed E-state index contributed by atoms with van der Waals surface area (Å²) in [6.07, 6.45) is 2.70. The summed E-state index contributed by atoms with van der Waals surface area (Å²) in [7, 11) is 0. The van der Waals surface area contributed by atoms with Crippen LogP contribution in [0.5, 0.6) is 0 Å². The highest BCUT2D eigenvalue weighted by Crippen LogP contribution is 2.30. The van der Waals surface area contributed by atoms with Crippen LogP contribution in [0.4, 0.5) is 11.4 Å². The van der Waals surface area contributed by atoms with Crippen LogP contribution in [0.2, 0.25) is 10.0 Å². The van der Waals surface area contributed by atoms with Crippen LogP contribution in [0.15, 0.2) is 42.5 Å². The molecule has 0 unspecified atom stereocenters. The Bertz CT molecular complexity index is 804. The van der Waals surface area contributed by atoms with E-state index in [0.717, 1.165) is 18.4 Å². The number of aryl methyl sites for hydroxylation is 1. The third-order valence-corrected chi connectivity index (χ3v) is 4.87. The van der Waals surface area contributed by atoms with Gasteiger partial charge in [0.1, 0.15) is 0 Å². The summed E-state index contributed by atoms with van der Waals surface area (Å²) in [5.41, 5.74) is 2.18. The van der Waals surface area contributed by atoms with Gasteiger partial charge in [0.2, 0.25) is 11.8 Å². The van der Waals surface area contributed by atoms with E-state index in [-0.39, 0.29) is 17.7 Å². The van der Waals surface area contributed by atoms with Crippen molar-refractivity contribution in [3.63, 3.8) is 0 Å². The number of carbonyl (C=O) groups is 2. The second kappa shape index (κ2) is 7.89. The van der Waals surface area contributed by atoms with Crippen LogP contribution in [0.1, 0.15) is 24.8 Å². The fraction of sp³-hybridized carbons (Fsp3) is 0.263. The van der Waals surface area contributed by atoms with Gasteiger partial charge in [0.25, 0.3) is 0 Å². The molecule has 1 aliphatic carbocycles. The number of nitrogens with one attached hydrogen (secondary N) is 2. The van der Waals surface area contributed by atoms with Crippen molar-refractivity contribution < 1.29 is 9.59 Å². The molecule has 0 aromatic heterocycles. The minimum atomic E-state index is -0.123. The lowest BCUT2D eigenvalue weighted by atomic mass is 10.1. The van der Waals surface area contributed by atoms with Gasteiger partial charge in [-0.05, 0) is 49.1 Å². The summed E-state index contributed by atoms with van der Waals surface area (Å²) in [5, 5.41) is 6.68. The van der Waals surface area contributed by atoms with Crippen LogP contribution in [0.3, 0.4) is 0 Å². The molecule has 2 amide bonds. The van der Waals surface area contributed by atoms with Crippen molar-refractivity contribution in [3.05, 3.63) is 58.1 Å². The number of hydrogen-bond acceptors (Lipinski definition) is 2. The Hall–Kier alpha value is -2.04. The number of anilines is 2. The minimum absolute atomic E-state index is 0.0408. The van der Waals surface area contributed by atoms with Crippen molar-refractivity contribution in [2.45, 2.75) is 25.7 Å². The molecule has 130 valence electrons. The SMILES string of the molecule is O=C(CCc1cccc(Cl)c1Cl)Nc1cccc(NC(=O)C2CC2)c1. The van der Waals surface area contributed by atoms with E-state index in [2.05, 4.69) is 10.6 Å². The first-order valence-electron chi connectivity index (χ1n) is 8.16. The molecular formula is C19H18Cl2N2O2. The number of rotatable bonds is 6. The molecule has 0 spiro atoms. The Balaban J connectivity index is 1.55. The number of carbonyl (C=O) groups excluding carboxylic acids is 2. The second-order valence-electron chi connectivity index (χ2n) is 6.11. The maximum absolute atomic E-state index is 12.2. The monoisotopic (exact) mass is 376 g/mol. The van der Waals surface area contributed by atoms with Crippen molar-refractivity contribution in [2.24, 2.45) is 5.92 Å². The van der Waals surface area contributed by atoms with Gasteiger partial charge in [0, 0.05) is 23.7 Å². The number of benzene rings is 2. The molecule has 0 atom stereocenters. The Labute approximate surface area is 156 Å². The first kappa shape index (κ1) is 17.8. The van der Waals surface area contributed by atoms with E-state index < -0.39 is 0 Å². The predicted molar refractivity (Wildman–Crippen MR) is 101 cm³/mol. The van der Waals surface area contributed by atoms with E-state index >= 15 is 0 Å². The van der Waals surface area contributed by atoms with Gasteiger partial charge in [-0.2, -0.15) is 0 Å². The van der Waals surface area contributed by atoms with Gasteiger partial charge < -0.3 is 10.6 Å². The van der Waals surface area contributed by atoms with Crippen molar-refractivity contribution in [3.8, 4) is 0 Å². The summed E-state index contributed by atoms with van der Waals surface area (Å²) < 4.78 is 0. The Kier molecular flexibility index (Phi) is 5.61. The van der Waals surface area contributed by atoms with Gasteiger partial charge in [-0.3, -0.25) is 9.59 Å². The zero-order valence-electron chi connectivity index (χ0n) is 13.5. The van der Waals surface area contributed by atoms with E-state index in [1.807, 2.05) is 18.2 Å². The molecule has 2 aromatic rings. The number of amides is 2. The zero-order chi connectivity index (χ0) is 17.8. The van der Waals surface area contributed by atoms with Crippen LogP contribution >= 0.6 is 23.2 Å². The highest BCUT2D eigenvalue weighted by molar-refractivity contribution is 6.42. The summed E-state index contributed by atoms with van der Waals surface area (Å²) in [5.74, 6) is 0.0569. The summed E-state index contributed by atoms with van der Waals surface area (Å²) >= 11 is 12.1. The quantitative estimate of drug-likeness (QED) is 0.751. The van der Waals surface area contributed by atoms with E-state index in [1.165, 1.54) is 0 Å². The Morgan fingerprint density at radius 1 is 1.00 bits per heavy atom. The third kappa shape index (κ3) is 4.97. The molecule has 2 N–H and O–H groups in total. The molecule has 0 saturated heterocycles. The minimum Gasteiger partial charge on any atom is -0.326 e. The van der Waals surface area contributed by atoms with E-state index in [9.17, 15) is 9.59 Å². The summed E-state index contributed by atoms with van der Waals surface area (Å²) in [6.45, 7) is 0. The maximum Gasteiger partial charge on any atom is 0.227 e. The van der Waals surface area contributed by atoms with Gasteiger partial charge in [-0.15, -0.1) is 0 Å². The van der Waals surface area contributed by atoms with Crippen molar-refractivity contribution in [1.29, 1.82) is 0 Å². The Morgan fingerprint density at radius 3 is 2.40 bits per heavy atom. The van der Waals surface area contributed by atoms with Gasteiger partial charge >= 0.3 is 0 Å². The van der Waals surface area contributed by atoms with Crippen LogP contribution in [-0.2, 0) is 16.0 Å². The average Bonchev–Trinajstić information content (AvgIpc) is 3.41. The second-order valence-corrected chi connectivity index (χ2v) is 6.89. The molecule has 0 heterocycles. The molecule has 4 nitrogen and oxygen atoms in total. The maximum atomic E-state index is 12.2. The summed E-state index contributed by atoms with van der Waals surface area (Å²) in [4.78, 5) is 24.0. The lowest BCUT2D eigenvalue weighted by Crippen LogP contribution is -2.15. The number of halogens is 2.